The van der Waals surface area contributed by atoms with Crippen LogP contribution in [0.4, 0.5) is 17.1 Å². The summed E-state index contributed by atoms with van der Waals surface area (Å²) in [6, 6.07) is 55.7. The molecule has 0 radical (unpaired) electrons. The Morgan fingerprint density at radius 2 is 1.21 bits per heavy atom. The first-order chi connectivity index (χ1) is 23.8. The molecule has 10 aromatic rings. The standard InChI is InChI=1S/C43H26N2OS2/c1-3-12-28(13-4-1)43-44-40-34(26-38-39(42(40)48-43)33-17-8-10-21-37(33)47-38)27-22-24-30(25-23-27)45(29-14-5-2-6-15-29)35-19-11-18-32-31-16-7-9-20-36(31)46-41(32)35/h1-26H. The molecule has 3 heterocycles. The topological polar surface area (TPSA) is 29.3 Å². The van der Waals surface area contributed by atoms with Gasteiger partial charge in [0.15, 0.2) is 5.58 Å². The van der Waals surface area contributed by atoms with E-state index in [2.05, 4.69) is 150 Å². The lowest BCUT2D eigenvalue weighted by Gasteiger charge is -2.25. The van der Waals surface area contributed by atoms with E-state index in [1.54, 1.807) is 11.3 Å². The average molecular weight is 651 g/mol. The van der Waals surface area contributed by atoms with Crippen molar-refractivity contribution >= 4 is 92.1 Å². The van der Waals surface area contributed by atoms with Gasteiger partial charge in [0.05, 0.1) is 15.9 Å². The average Bonchev–Trinajstić information content (AvgIpc) is 3.86. The molecule has 0 aliphatic rings. The highest BCUT2D eigenvalue weighted by atomic mass is 32.1. The summed E-state index contributed by atoms with van der Waals surface area (Å²) < 4.78 is 10.3. The predicted octanol–water partition coefficient (Wildman–Crippen LogP) is 13.4. The summed E-state index contributed by atoms with van der Waals surface area (Å²) in [4.78, 5) is 7.59. The van der Waals surface area contributed by atoms with Gasteiger partial charge < -0.3 is 9.32 Å². The summed E-state index contributed by atoms with van der Waals surface area (Å²) in [7, 11) is 0. The predicted molar refractivity (Wildman–Crippen MR) is 205 cm³/mol. The summed E-state index contributed by atoms with van der Waals surface area (Å²) in [5.41, 5.74) is 9.38. The first-order valence-corrected chi connectivity index (χ1v) is 17.6. The molecule has 0 fully saturated rings. The highest BCUT2D eigenvalue weighted by Gasteiger charge is 2.21. The number of benzene rings is 7. The van der Waals surface area contributed by atoms with Crippen molar-refractivity contribution in [1.29, 1.82) is 0 Å². The van der Waals surface area contributed by atoms with Gasteiger partial charge in [0.25, 0.3) is 0 Å². The lowest BCUT2D eigenvalue weighted by Crippen LogP contribution is -2.10. The largest absolute Gasteiger partial charge is 0.454 e. The van der Waals surface area contributed by atoms with Crippen molar-refractivity contribution in [2.24, 2.45) is 0 Å². The fourth-order valence-corrected chi connectivity index (χ4v) is 9.28. The summed E-state index contributed by atoms with van der Waals surface area (Å²) in [5, 5.41) is 5.88. The Balaban J connectivity index is 1.16. The number of thiophene rings is 1. The molecule has 0 atom stereocenters. The number of fused-ring (bicyclic) bond motifs is 8. The van der Waals surface area contributed by atoms with Gasteiger partial charge in [0.2, 0.25) is 0 Å². The Morgan fingerprint density at radius 1 is 0.521 bits per heavy atom. The van der Waals surface area contributed by atoms with Crippen LogP contribution in [0.3, 0.4) is 0 Å². The van der Waals surface area contributed by atoms with Gasteiger partial charge in [-0.15, -0.1) is 22.7 Å². The Kier molecular flexibility index (Phi) is 6.22. The molecule has 7 aromatic carbocycles. The second-order valence-corrected chi connectivity index (χ2v) is 14.0. The van der Waals surface area contributed by atoms with E-state index in [-0.39, 0.29) is 0 Å². The summed E-state index contributed by atoms with van der Waals surface area (Å²) in [5.74, 6) is 0. The van der Waals surface area contributed by atoms with Crippen molar-refractivity contribution in [1.82, 2.24) is 4.98 Å². The number of rotatable bonds is 5. The molecular formula is C43H26N2OS2. The second-order valence-electron chi connectivity index (χ2n) is 11.9. The molecule has 0 aliphatic heterocycles. The normalized spacial score (nSPS) is 11.8. The van der Waals surface area contributed by atoms with Crippen molar-refractivity contribution in [2.75, 3.05) is 4.90 Å². The minimum atomic E-state index is 0.875. The van der Waals surface area contributed by atoms with Crippen LogP contribution >= 0.6 is 22.7 Å². The molecule has 226 valence electrons. The molecule has 0 unspecified atom stereocenters. The molecule has 3 nitrogen and oxygen atoms in total. The van der Waals surface area contributed by atoms with Gasteiger partial charge in [-0.25, -0.2) is 4.98 Å². The number of thiazole rings is 1. The lowest BCUT2D eigenvalue weighted by atomic mass is 10.0. The quantitative estimate of drug-likeness (QED) is 0.186. The first kappa shape index (κ1) is 27.4. The number of nitrogens with zero attached hydrogens (tertiary/aromatic N) is 2. The smallest absolute Gasteiger partial charge is 0.159 e. The maximum Gasteiger partial charge on any atom is 0.159 e. The van der Waals surface area contributed by atoms with E-state index in [0.29, 0.717) is 0 Å². The summed E-state index contributed by atoms with van der Waals surface area (Å²) >= 11 is 3.65. The zero-order chi connectivity index (χ0) is 31.6. The van der Waals surface area contributed by atoms with E-state index in [4.69, 9.17) is 9.40 Å². The van der Waals surface area contributed by atoms with Crippen LogP contribution in [0.15, 0.2) is 162 Å². The molecule has 0 N–H and O–H groups in total. The molecule has 0 saturated carbocycles. The van der Waals surface area contributed by atoms with E-state index in [0.717, 1.165) is 66.2 Å². The molecule has 10 rings (SSSR count). The van der Waals surface area contributed by atoms with Crippen LogP contribution in [0.1, 0.15) is 0 Å². The summed E-state index contributed by atoms with van der Waals surface area (Å²) in [6.07, 6.45) is 0. The van der Waals surface area contributed by atoms with Gasteiger partial charge in [-0.3, -0.25) is 0 Å². The number of hydrogen-bond donors (Lipinski definition) is 0. The van der Waals surface area contributed by atoms with Crippen LogP contribution in [0.2, 0.25) is 0 Å². The van der Waals surface area contributed by atoms with Gasteiger partial charge in [-0.2, -0.15) is 0 Å². The first-order valence-electron chi connectivity index (χ1n) is 16.0. The van der Waals surface area contributed by atoms with Gasteiger partial charge in [-0.05, 0) is 54.1 Å². The van der Waals surface area contributed by atoms with Gasteiger partial charge >= 0.3 is 0 Å². The summed E-state index contributed by atoms with van der Waals surface area (Å²) in [6.45, 7) is 0. The van der Waals surface area contributed by atoms with Gasteiger partial charge in [0, 0.05) is 53.4 Å². The fourth-order valence-electron chi connectivity index (χ4n) is 6.90. The molecule has 5 heteroatoms. The van der Waals surface area contributed by atoms with Crippen LogP contribution in [0.5, 0.6) is 0 Å². The molecule has 0 spiro atoms. The van der Waals surface area contributed by atoms with Crippen LogP contribution in [-0.2, 0) is 0 Å². The zero-order valence-corrected chi connectivity index (χ0v) is 27.3. The van der Waals surface area contributed by atoms with E-state index in [1.807, 2.05) is 23.5 Å². The number of hydrogen-bond acceptors (Lipinski definition) is 5. The molecule has 0 saturated heterocycles. The SMILES string of the molecule is c1ccc(-c2nc3c(-c4ccc(N(c5ccccc5)c5cccc6c5oc5ccccc56)cc4)cc4sc5ccccc5c4c3s2)cc1. The number of anilines is 3. The van der Waals surface area contributed by atoms with E-state index in [9.17, 15) is 0 Å². The molecule has 0 amide bonds. The number of para-hydroxylation sites is 3. The maximum absolute atomic E-state index is 6.51. The monoisotopic (exact) mass is 650 g/mol. The third-order valence-electron chi connectivity index (χ3n) is 9.10. The van der Waals surface area contributed by atoms with Crippen molar-refractivity contribution in [3.63, 3.8) is 0 Å². The molecule has 0 aliphatic carbocycles. The Morgan fingerprint density at radius 3 is 2.04 bits per heavy atom. The lowest BCUT2D eigenvalue weighted by molar-refractivity contribution is 0.669. The molecule has 48 heavy (non-hydrogen) atoms. The second kappa shape index (κ2) is 10.9. The van der Waals surface area contributed by atoms with E-state index < -0.39 is 0 Å². The van der Waals surface area contributed by atoms with Crippen LogP contribution in [0.25, 0.3) is 74.0 Å². The van der Waals surface area contributed by atoms with Crippen LogP contribution in [-0.4, -0.2) is 4.98 Å². The Bertz CT molecular complexity index is 2780. The zero-order valence-electron chi connectivity index (χ0n) is 25.6. The minimum absolute atomic E-state index is 0.875. The number of furan rings is 1. The van der Waals surface area contributed by atoms with Crippen LogP contribution < -0.4 is 4.90 Å². The maximum atomic E-state index is 6.51. The van der Waals surface area contributed by atoms with Gasteiger partial charge in [0.1, 0.15) is 10.6 Å². The third kappa shape index (κ3) is 4.29. The molecular weight excluding hydrogens is 625 g/mol. The molecule has 3 aromatic heterocycles. The van der Waals surface area contributed by atoms with Crippen molar-refractivity contribution in [2.45, 2.75) is 0 Å². The highest BCUT2D eigenvalue weighted by molar-refractivity contribution is 7.28. The van der Waals surface area contributed by atoms with E-state index >= 15 is 0 Å². The molecule has 0 bridgehead atoms. The van der Waals surface area contributed by atoms with Gasteiger partial charge in [-0.1, -0.05) is 109 Å². The highest BCUT2D eigenvalue weighted by Crippen LogP contribution is 2.47. The Hall–Kier alpha value is -5.75. The minimum Gasteiger partial charge on any atom is -0.454 e. The van der Waals surface area contributed by atoms with Crippen molar-refractivity contribution in [3.8, 4) is 21.7 Å². The van der Waals surface area contributed by atoms with Crippen molar-refractivity contribution in [3.05, 3.63) is 158 Å². The van der Waals surface area contributed by atoms with Crippen LogP contribution in [0, 0.1) is 0 Å². The van der Waals surface area contributed by atoms with Crippen molar-refractivity contribution < 1.29 is 4.42 Å². The fraction of sp³-hybridized carbons (Fsp3) is 0. The Labute approximate surface area is 284 Å². The van der Waals surface area contributed by atoms with E-state index in [1.165, 1.54) is 24.9 Å². The number of aromatic nitrogens is 1. The third-order valence-corrected chi connectivity index (χ3v) is 11.3.